The molecule has 0 aliphatic carbocycles. The Morgan fingerprint density at radius 2 is 1.78 bits per heavy atom. The molecule has 3 aromatic rings. The predicted molar refractivity (Wildman–Crippen MR) is 105 cm³/mol. The Morgan fingerprint density at radius 1 is 1.00 bits per heavy atom. The molecule has 4 heteroatoms. The minimum absolute atomic E-state index is 0.120. The van der Waals surface area contributed by atoms with Crippen molar-refractivity contribution < 1.29 is 9.13 Å². The molecular formula is C23H25FN2O. The summed E-state index contributed by atoms with van der Waals surface area (Å²) in [7, 11) is 0. The Hall–Kier alpha value is -2.59. The maximum absolute atomic E-state index is 13.5. The Bertz CT molecular complexity index is 870. The van der Waals surface area contributed by atoms with Crippen LogP contribution in [-0.4, -0.2) is 22.6 Å². The fourth-order valence-corrected chi connectivity index (χ4v) is 3.93. The fraction of sp³-hybridized carbons (Fsp3) is 0.304. The maximum atomic E-state index is 13.5. The van der Waals surface area contributed by atoms with Crippen molar-refractivity contribution in [2.45, 2.75) is 32.5 Å². The van der Waals surface area contributed by atoms with Crippen LogP contribution in [0.5, 0.6) is 5.75 Å². The monoisotopic (exact) mass is 364 g/mol. The summed E-state index contributed by atoms with van der Waals surface area (Å²) in [6.07, 6.45) is 3.24. The zero-order chi connectivity index (χ0) is 18.6. The molecule has 0 bridgehead atoms. The number of aryl methyl sites for hydroxylation is 1. The lowest BCUT2D eigenvalue weighted by Gasteiger charge is -2.30. The van der Waals surface area contributed by atoms with Crippen LogP contribution in [0, 0.1) is 5.82 Å². The molecule has 1 atom stereocenters. The van der Waals surface area contributed by atoms with Gasteiger partial charge in [0.1, 0.15) is 11.6 Å². The highest BCUT2D eigenvalue weighted by molar-refractivity contribution is 5.31. The number of halogens is 1. The van der Waals surface area contributed by atoms with Crippen LogP contribution in [0.1, 0.15) is 36.2 Å². The van der Waals surface area contributed by atoms with Crippen LogP contribution in [0.25, 0.3) is 0 Å². The molecule has 2 aromatic carbocycles. The summed E-state index contributed by atoms with van der Waals surface area (Å²) in [5.74, 6) is 0.710. The van der Waals surface area contributed by atoms with Gasteiger partial charge in [-0.2, -0.15) is 0 Å². The zero-order valence-electron chi connectivity index (χ0n) is 15.6. The van der Waals surface area contributed by atoms with Crippen LogP contribution < -0.4 is 4.74 Å². The van der Waals surface area contributed by atoms with Crippen molar-refractivity contribution in [3.05, 3.63) is 89.5 Å². The predicted octanol–water partition coefficient (Wildman–Crippen LogP) is 5.02. The van der Waals surface area contributed by atoms with E-state index in [0.29, 0.717) is 6.61 Å². The first-order chi connectivity index (χ1) is 13.2. The third kappa shape index (κ3) is 3.91. The zero-order valence-corrected chi connectivity index (χ0v) is 15.6. The van der Waals surface area contributed by atoms with E-state index in [1.165, 1.54) is 11.3 Å². The first kappa shape index (κ1) is 17.8. The molecule has 27 heavy (non-hydrogen) atoms. The molecule has 1 unspecified atom stereocenters. The molecule has 1 aromatic heterocycles. The van der Waals surface area contributed by atoms with E-state index in [-0.39, 0.29) is 11.9 Å². The highest BCUT2D eigenvalue weighted by Gasteiger charge is 2.27. The Kier molecular flexibility index (Phi) is 5.26. The quantitative estimate of drug-likeness (QED) is 0.632. The second-order valence-electron chi connectivity index (χ2n) is 6.98. The highest BCUT2D eigenvalue weighted by Crippen LogP contribution is 2.33. The normalized spacial score (nSPS) is 17.3. The van der Waals surface area contributed by atoms with Gasteiger partial charge in [-0.3, -0.25) is 4.90 Å². The summed E-state index contributed by atoms with van der Waals surface area (Å²) in [5.41, 5.74) is 3.65. The summed E-state index contributed by atoms with van der Waals surface area (Å²) >= 11 is 0. The van der Waals surface area contributed by atoms with Gasteiger partial charge >= 0.3 is 0 Å². The third-order valence-electron chi connectivity index (χ3n) is 5.16. The second-order valence-corrected chi connectivity index (χ2v) is 6.98. The molecule has 0 spiro atoms. The number of aromatic nitrogens is 1. The molecule has 4 rings (SSSR count). The molecule has 3 nitrogen and oxygen atoms in total. The Labute approximate surface area is 160 Å². The summed E-state index contributed by atoms with van der Waals surface area (Å²) in [4.78, 5) is 2.49. The van der Waals surface area contributed by atoms with Crippen molar-refractivity contribution in [1.29, 1.82) is 0 Å². The van der Waals surface area contributed by atoms with Crippen LogP contribution in [-0.2, 0) is 13.1 Å². The first-order valence-electron chi connectivity index (χ1n) is 9.61. The Balaban J connectivity index is 1.65. The van der Waals surface area contributed by atoms with Crippen LogP contribution in [0.15, 0.2) is 66.9 Å². The van der Waals surface area contributed by atoms with Crippen LogP contribution in [0.3, 0.4) is 0 Å². The van der Waals surface area contributed by atoms with Gasteiger partial charge in [0.15, 0.2) is 0 Å². The fourth-order valence-electron chi connectivity index (χ4n) is 3.93. The minimum Gasteiger partial charge on any atom is -0.494 e. The molecule has 0 N–H and O–H groups in total. The molecule has 1 aliphatic rings. The van der Waals surface area contributed by atoms with E-state index in [0.717, 1.165) is 37.4 Å². The number of ether oxygens (including phenoxy) is 1. The molecule has 0 saturated carbocycles. The number of nitrogens with zero attached hydrogens (tertiary/aromatic N) is 2. The summed E-state index contributed by atoms with van der Waals surface area (Å²) < 4.78 is 21.4. The third-order valence-corrected chi connectivity index (χ3v) is 5.16. The van der Waals surface area contributed by atoms with Crippen molar-refractivity contribution in [3.63, 3.8) is 0 Å². The molecule has 0 saturated heterocycles. The molecule has 1 aliphatic heterocycles. The average molecular weight is 364 g/mol. The lowest BCUT2D eigenvalue weighted by Crippen LogP contribution is -2.29. The molecule has 2 heterocycles. The SMILES string of the molecule is CCOc1ccc(CN2CCCn3cccc3C2c2ccc(F)cc2)cc1. The minimum atomic E-state index is -0.194. The molecule has 140 valence electrons. The van der Waals surface area contributed by atoms with Crippen molar-refractivity contribution in [3.8, 4) is 5.75 Å². The van der Waals surface area contributed by atoms with Crippen LogP contribution >= 0.6 is 0 Å². The van der Waals surface area contributed by atoms with Crippen molar-refractivity contribution in [2.24, 2.45) is 0 Å². The standard InChI is InChI=1S/C23H25FN2O/c1-2-27-21-12-6-18(7-13-21)17-26-16-4-15-25-14-3-5-22(25)23(26)19-8-10-20(24)11-9-19/h3,5-14,23H,2,4,15-17H2,1H3. The maximum Gasteiger partial charge on any atom is 0.123 e. The van der Waals surface area contributed by atoms with E-state index in [9.17, 15) is 4.39 Å². The van der Waals surface area contributed by atoms with Gasteiger partial charge in [-0.15, -0.1) is 0 Å². The number of rotatable bonds is 5. The molecule has 0 amide bonds. The highest BCUT2D eigenvalue weighted by atomic mass is 19.1. The summed E-state index contributed by atoms with van der Waals surface area (Å²) in [6, 6.07) is 19.7. The van der Waals surface area contributed by atoms with Gasteiger partial charge in [-0.05, 0) is 60.9 Å². The van der Waals surface area contributed by atoms with Gasteiger partial charge in [0.25, 0.3) is 0 Å². The summed E-state index contributed by atoms with van der Waals surface area (Å²) in [5, 5.41) is 0. The van der Waals surface area contributed by atoms with Gasteiger partial charge in [-0.1, -0.05) is 24.3 Å². The number of fused-ring (bicyclic) bond motifs is 1. The number of benzene rings is 2. The van der Waals surface area contributed by atoms with E-state index in [2.05, 4.69) is 39.9 Å². The van der Waals surface area contributed by atoms with Gasteiger partial charge in [-0.25, -0.2) is 4.39 Å². The van der Waals surface area contributed by atoms with Gasteiger partial charge in [0.05, 0.1) is 12.6 Å². The van der Waals surface area contributed by atoms with E-state index in [4.69, 9.17) is 4.74 Å². The molecule has 0 fully saturated rings. The lowest BCUT2D eigenvalue weighted by atomic mass is 10.0. The van der Waals surface area contributed by atoms with E-state index in [1.807, 2.05) is 31.2 Å². The lowest BCUT2D eigenvalue weighted by molar-refractivity contribution is 0.220. The largest absolute Gasteiger partial charge is 0.494 e. The number of hydrogen-bond donors (Lipinski definition) is 0. The van der Waals surface area contributed by atoms with Gasteiger partial charge in [0, 0.05) is 31.5 Å². The van der Waals surface area contributed by atoms with Gasteiger partial charge < -0.3 is 9.30 Å². The summed E-state index contributed by atoms with van der Waals surface area (Å²) in [6.45, 7) is 5.53. The Morgan fingerprint density at radius 3 is 2.52 bits per heavy atom. The van der Waals surface area contributed by atoms with Crippen molar-refractivity contribution in [1.82, 2.24) is 9.47 Å². The van der Waals surface area contributed by atoms with E-state index >= 15 is 0 Å². The average Bonchev–Trinajstić information content (AvgIpc) is 3.06. The van der Waals surface area contributed by atoms with Gasteiger partial charge in [0.2, 0.25) is 0 Å². The smallest absolute Gasteiger partial charge is 0.123 e. The van der Waals surface area contributed by atoms with Crippen molar-refractivity contribution >= 4 is 0 Å². The van der Waals surface area contributed by atoms with E-state index < -0.39 is 0 Å². The number of hydrogen-bond acceptors (Lipinski definition) is 2. The topological polar surface area (TPSA) is 17.4 Å². The van der Waals surface area contributed by atoms with Crippen LogP contribution in [0.2, 0.25) is 0 Å². The molecule has 0 radical (unpaired) electrons. The van der Waals surface area contributed by atoms with Crippen LogP contribution in [0.4, 0.5) is 4.39 Å². The van der Waals surface area contributed by atoms with E-state index in [1.54, 1.807) is 12.1 Å². The molecular weight excluding hydrogens is 339 g/mol. The second kappa shape index (κ2) is 7.97. The van der Waals surface area contributed by atoms with Crippen molar-refractivity contribution in [2.75, 3.05) is 13.2 Å². The first-order valence-corrected chi connectivity index (χ1v) is 9.61.